The van der Waals surface area contributed by atoms with Crippen LogP contribution in [0.3, 0.4) is 0 Å². The van der Waals surface area contributed by atoms with E-state index in [0.717, 1.165) is 23.1 Å². The molecular formula is C12H18BrNO. The van der Waals surface area contributed by atoms with Crippen molar-refractivity contribution in [2.24, 2.45) is 5.73 Å². The van der Waals surface area contributed by atoms with E-state index in [0.29, 0.717) is 12.5 Å². The van der Waals surface area contributed by atoms with Gasteiger partial charge < -0.3 is 10.5 Å². The van der Waals surface area contributed by atoms with Gasteiger partial charge in [-0.2, -0.15) is 0 Å². The van der Waals surface area contributed by atoms with Crippen LogP contribution in [0.4, 0.5) is 0 Å². The molecule has 1 unspecified atom stereocenters. The van der Waals surface area contributed by atoms with Crippen molar-refractivity contribution in [1.29, 1.82) is 0 Å². The summed E-state index contributed by atoms with van der Waals surface area (Å²) in [6.45, 7) is 2.84. The number of rotatable bonds is 5. The number of methoxy groups -OCH3 is 1. The Kier molecular flexibility index (Phi) is 5.12. The zero-order valence-corrected chi connectivity index (χ0v) is 10.9. The van der Waals surface area contributed by atoms with E-state index >= 15 is 0 Å². The lowest BCUT2D eigenvalue weighted by Crippen LogP contribution is -2.13. The van der Waals surface area contributed by atoms with E-state index < -0.39 is 0 Å². The molecule has 0 amide bonds. The van der Waals surface area contributed by atoms with E-state index in [1.54, 1.807) is 7.11 Å². The van der Waals surface area contributed by atoms with Gasteiger partial charge >= 0.3 is 0 Å². The predicted octanol–water partition coefficient (Wildman–Crippen LogP) is 3.30. The van der Waals surface area contributed by atoms with Gasteiger partial charge in [0.25, 0.3) is 0 Å². The highest BCUT2D eigenvalue weighted by Gasteiger charge is 2.14. The van der Waals surface area contributed by atoms with Crippen molar-refractivity contribution in [3.63, 3.8) is 0 Å². The summed E-state index contributed by atoms with van der Waals surface area (Å²) >= 11 is 3.48. The Hall–Kier alpha value is -0.540. The smallest absolute Gasteiger partial charge is 0.122 e. The highest BCUT2D eigenvalue weighted by molar-refractivity contribution is 9.10. The molecule has 0 bridgehead atoms. The third-order valence-electron chi connectivity index (χ3n) is 2.55. The zero-order valence-electron chi connectivity index (χ0n) is 9.29. The first kappa shape index (κ1) is 12.5. The highest BCUT2D eigenvalue weighted by Crippen LogP contribution is 2.31. The van der Waals surface area contributed by atoms with E-state index in [1.165, 1.54) is 5.56 Å². The number of ether oxygens (including phenoxy) is 1. The minimum absolute atomic E-state index is 0.391. The van der Waals surface area contributed by atoms with Crippen LogP contribution in [0.2, 0.25) is 0 Å². The fraction of sp³-hybridized carbons (Fsp3) is 0.500. The van der Waals surface area contributed by atoms with Crippen molar-refractivity contribution in [3.8, 4) is 5.75 Å². The number of nitrogens with two attached hydrogens (primary N) is 1. The topological polar surface area (TPSA) is 35.2 Å². The van der Waals surface area contributed by atoms with Crippen molar-refractivity contribution in [1.82, 2.24) is 0 Å². The summed E-state index contributed by atoms with van der Waals surface area (Å²) in [7, 11) is 1.70. The Bertz CT molecular complexity index is 314. The van der Waals surface area contributed by atoms with E-state index in [9.17, 15) is 0 Å². The van der Waals surface area contributed by atoms with Gasteiger partial charge in [0.2, 0.25) is 0 Å². The van der Waals surface area contributed by atoms with Gasteiger partial charge in [0.15, 0.2) is 0 Å². The Morgan fingerprint density at radius 1 is 1.47 bits per heavy atom. The van der Waals surface area contributed by atoms with Crippen LogP contribution >= 0.6 is 15.9 Å². The summed E-state index contributed by atoms with van der Waals surface area (Å²) in [5.41, 5.74) is 7.00. The fourth-order valence-corrected chi connectivity index (χ4v) is 2.15. The Morgan fingerprint density at radius 3 is 2.73 bits per heavy atom. The molecule has 0 aromatic heterocycles. The Morgan fingerprint density at radius 2 is 2.20 bits per heavy atom. The van der Waals surface area contributed by atoms with Gasteiger partial charge in [0.1, 0.15) is 5.75 Å². The van der Waals surface area contributed by atoms with Crippen LogP contribution in [0.1, 0.15) is 31.2 Å². The average Bonchev–Trinajstić information content (AvgIpc) is 2.26. The van der Waals surface area contributed by atoms with Crippen LogP contribution in [0.5, 0.6) is 5.75 Å². The molecule has 0 radical (unpaired) electrons. The molecule has 0 saturated carbocycles. The molecule has 2 N–H and O–H groups in total. The van der Waals surface area contributed by atoms with Crippen LogP contribution in [-0.2, 0) is 0 Å². The van der Waals surface area contributed by atoms with Crippen molar-refractivity contribution >= 4 is 15.9 Å². The van der Waals surface area contributed by atoms with Crippen molar-refractivity contribution in [2.75, 3.05) is 13.7 Å². The standard InChI is InChI=1S/C12H18BrNO/c1-3-4-9(8-14)11-7-10(13)5-6-12(11)15-2/h5-7,9H,3-4,8,14H2,1-2H3. The number of halogens is 1. The molecule has 0 heterocycles. The second kappa shape index (κ2) is 6.13. The molecule has 3 heteroatoms. The lowest BCUT2D eigenvalue weighted by atomic mass is 9.94. The van der Waals surface area contributed by atoms with E-state index in [1.807, 2.05) is 12.1 Å². The van der Waals surface area contributed by atoms with Crippen LogP contribution in [0, 0.1) is 0 Å². The van der Waals surface area contributed by atoms with Gasteiger partial charge in [-0.25, -0.2) is 0 Å². The van der Waals surface area contributed by atoms with E-state index in [4.69, 9.17) is 10.5 Å². The van der Waals surface area contributed by atoms with Crippen molar-refractivity contribution < 1.29 is 4.74 Å². The lowest BCUT2D eigenvalue weighted by Gasteiger charge is -2.17. The highest BCUT2D eigenvalue weighted by atomic mass is 79.9. The molecule has 0 aliphatic heterocycles. The lowest BCUT2D eigenvalue weighted by molar-refractivity contribution is 0.403. The SMILES string of the molecule is CCCC(CN)c1cc(Br)ccc1OC. The van der Waals surface area contributed by atoms with Crippen LogP contribution in [0.25, 0.3) is 0 Å². The van der Waals surface area contributed by atoms with Gasteiger partial charge in [-0.3, -0.25) is 0 Å². The summed E-state index contributed by atoms with van der Waals surface area (Å²) in [5.74, 6) is 1.32. The van der Waals surface area contributed by atoms with Crippen LogP contribution in [0.15, 0.2) is 22.7 Å². The minimum atomic E-state index is 0.391. The average molecular weight is 272 g/mol. The van der Waals surface area contributed by atoms with Gasteiger partial charge in [-0.05, 0) is 42.6 Å². The largest absolute Gasteiger partial charge is 0.496 e. The van der Waals surface area contributed by atoms with Gasteiger partial charge in [0, 0.05) is 4.47 Å². The minimum Gasteiger partial charge on any atom is -0.496 e. The first-order valence-corrected chi connectivity index (χ1v) is 6.05. The maximum Gasteiger partial charge on any atom is 0.122 e. The first-order chi connectivity index (χ1) is 7.22. The quantitative estimate of drug-likeness (QED) is 0.892. The molecule has 0 spiro atoms. The van der Waals surface area contributed by atoms with E-state index in [2.05, 4.69) is 28.9 Å². The fourth-order valence-electron chi connectivity index (χ4n) is 1.77. The van der Waals surface area contributed by atoms with Crippen LogP contribution < -0.4 is 10.5 Å². The monoisotopic (exact) mass is 271 g/mol. The molecule has 0 aliphatic carbocycles. The molecule has 15 heavy (non-hydrogen) atoms. The first-order valence-electron chi connectivity index (χ1n) is 5.26. The molecule has 1 aromatic carbocycles. The molecule has 84 valence electrons. The maximum atomic E-state index is 5.79. The molecule has 1 aromatic rings. The van der Waals surface area contributed by atoms with Gasteiger partial charge in [-0.15, -0.1) is 0 Å². The zero-order chi connectivity index (χ0) is 11.3. The normalized spacial score (nSPS) is 12.5. The third kappa shape index (κ3) is 3.21. The predicted molar refractivity (Wildman–Crippen MR) is 67.4 cm³/mol. The summed E-state index contributed by atoms with van der Waals surface area (Å²) in [6.07, 6.45) is 2.24. The summed E-state index contributed by atoms with van der Waals surface area (Å²) in [6, 6.07) is 6.08. The molecule has 0 saturated heterocycles. The number of hydrogen-bond acceptors (Lipinski definition) is 2. The second-order valence-electron chi connectivity index (χ2n) is 3.61. The molecule has 2 nitrogen and oxygen atoms in total. The Balaban J connectivity index is 3.02. The van der Waals surface area contributed by atoms with Crippen molar-refractivity contribution in [3.05, 3.63) is 28.2 Å². The maximum absolute atomic E-state index is 5.79. The molecule has 1 rings (SSSR count). The molecule has 0 fully saturated rings. The number of benzene rings is 1. The summed E-state index contributed by atoms with van der Waals surface area (Å²) in [4.78, 5) is 0. The van der Waals surface area contributed by atoms with Crippen molar-refractivity contribution in [2.45, 2.75) is 25.7 Å². The third-order valence-corrected chi connectivity index (χ3v) is 3.05. The Labute approximate surface area is 99.9 Å². The summed E-state index contributed by atoms with van der Waals surface area (Å²) < 4.78 is 6.43. The number of hydrogen-bond donors (Lipinski definition) is 1. The van der Waals surface area contributed by atoms with Gasteiger partial charge in [-0.1, -0.05) is 29.3 Å². The van der Waals surface area contributed by atoms with E-state index in [-0.39, 0.29) is 0 Å². The van der Waals surface area contributed by atoms with Crippen LogP contribution in [-0.4, -0.2) is 13.7 Å². The summed E-state index contributed by atoms with van der Waals surface area (Å²) in [5, 5.41) is 0. The molecule has 0 aliphatic rings. The second-order valence-corrected chi connectivity index (χ2v) is 4.52. The molecule has 1 atom stereocenters. The van der Waals surface area contributed by atoms with Gasteiger partial charge in [0.05, 0.1) is 7.11 Å². The molecular weight excluding hydrogens is 254 g/mol.